The molecule has 138 valence electrons. The van der Waals surface area contributed by atoms with Crippen molar-refractivity contribution in [1.29, 1.82) is 0 Å². The minimum Gasteiger partial charge on any atom is -0.352 e. The highest BCUT2D eigenvalue weighted by Crippen LogP contribution is 2.18. The molecule has 1 aromatic carbocycles. The van der Waals surface area contributed by atoms with Gasteiger partial charge in [-0.2, -0.15) is 4.31 Å². The third-order valence-electron chi connectivity index (χ3n) is 4.16. The molecule has 1 N–H and O–H groups in total. The lowest BCUT2D eigenvalue weighted by molar-refractivity contribution is -0.119. The first kappa shape index (κ1) is 19.4. The lowest BCUT2D eigenvalue weighted by atomic mass is 10.1. The lowest BCUT2D eigenvalue weighted by Crippen LogP contribution is -2.48. The van der Waals surface area contributed by atoms with Crippen LogP contribution in [0.3, 0.4) is 0 Å². The minimum absolute atomic E-state index is 0.101. The third-order valence-corrected chi connectivity index (χ3v) is 6.06. The van der Waals surface area contributed by atoms with E-state index in [0.717, 1.165) is 12.8 Å². The van der Waals surface area contributed by atoms with Crippen molar-refractivity contribution in [3.8, 4) is 0 Å². The van der Waals surface area contributed by atoms with Crippen molar-refractivity contribution in [3.05, 3.63) is 29.8 Å². The highest BCUT2D eigenvalue weighted by atomic mass is 32.2. The largest absolute Gasteiger partial charge is 0.352 e. The summed E-state index contributed by atoms with van der Waals surface area (Å²) >= 11 is 0. The molecule has 1 aliphatic rings. The second-order valence-electron chi connectivity index (χ2n) is 6.51. The zero-order chi connectivity index (χ0) is 18.4. The Bertz CT molecular complexity index is 710. The number of nitrogens with zero attached hydrogens (tertiary/aromatic N) is 2. The van der Waals surface area contributed by atoms with Crippen LogP contribution in [0.15, 0.2) is 29.2 Å². The Hall–Kier alpha value is -1.93. The number of benzene rings is 1. The van der Waals surface area contributed by atoms with E-state index in [1.807, 2.05) is 0 Å². The normalized spacial score (nSPS) is 16.0. The van der Waals surface area contributed by atoms with Gasteiger partial charge in [0.2, 0.25) is 16.4 Å². The molecule has 0 unspecified atom stereocenters. The standard InChI is InChI=1S/C17H25N3O4S/c1-14(2)6-7-18-17(22)15-4-3-5-16(12-15)25(23,24)20-10-8-19(13-21)9-11-20/h3-5,12-14H,6-11H2,1-2H3,(H,18,22). The van der Waals surface area contributed by atoms with Gasteiger partial charge >= 0.3 is 0 Å². The highest BCUT2D eigenvalue weighted by molar-refractivity contribution is 7.89. The molecule has 1 heterocycles. The van der Waals surface area contributed by atoms with Crippen molar-refractivity contribution < 1.29 is 18.0 Å². The minimum atomic E-state index is -3.67. The van der Waals surface area contributed by atoms with Crippen LogP contribution in [0, 0.1) is 5.92 Å². The molecule has 2 rings (SSSR count). The topological polar surface area (TPSA) is 86.8 Å². The molecular weight excluding hydrogens is 342 g/mol. The molecule has 1 aromatic rings. The molecule has 0 aromatic heterocycles. The molecule has 1 aliphatic heterocycles. The smallest absolute Gasteiger partial charge is 0.251 e. The van der Waals surface area contributed by atoms with Gasteiger partial charge in [-0.25, -0.2) is 8.42 Å². The lowest BCUT2D eigenvalue weighted by Gasteiger charge is -2.31. The summed E-state index contributed by atoms with van der Waals surface area (Å²) in [4.78, 5) is 24.6. The predicted octanol–water partition coefficient (Wildman–Crippen LogP) is 0.925. The zero-order valence-electron chi connectivity index (χ0n) is 14.6. The summed E-state index contributed by atoms with van der Waals surface area (Å²) in [5.74, 6) is 0.209. The predicted molar refractivity (Wildman–Crippen MR) is 94.6 cm³/mol. The average molecular weight is 367 g/mol. The number of nitrogens with one attached hydrogen (secondary N) is 1. The monoisotopic (exact) mass is 367 g/mol. The van der Waals surface area contributed by atoms with E-state index in [4.69, 9.17) is 0 Å². The fourth-order valence-electron chi connectivity index (χ4n) is 2.57. The van der Waals surface area contributed by atoms with Gasteiger partial charge in [0.15, 0.2) is 0 Å². The van der Waals surface area contributed by atoms with E-state index in [9.17, 15) is 18.0 Å². The Morgan fingerprint density at radius 2 is 1.92 bits per heavy atom. The van der Waals surface area contributed by atoms with E-state index in [1.165, 1.54) is 16.4 Å². The second kappa shape index (κ2) is 8.44. The average Bonchev–Trinajstić information content (AvgIpc) is 2.61. The van der Waals surface area contributed by atoms with Gasteiger partial charge in [-0.3, -0.25) is 9.59 Å². The molecule has 0 radical (unpaired) electrons. The number of carbonyl (C=O) groups is 2. The van der Waals surface area contributed by atoms with Gasteiger partial charge < -0.3 is 10.2 Å². The molecule has 0 saturated carbocycles. The number of hydrogen-bond donors (Lipinski definition) is 1. The fourth-order valence-corrected chi connectivity index (χ4v) is 4.04. The van der Waals surface area contributed by atoms with Crippen LogP contribution in [0.5, 0.6) is 0 Å². The van der Waals surface area contributed by atoms with E-state index in [1.54, 1.807) is 17.0 Å². The van der Waals surface area contributed by atoms with Crippen LogP contribution < -0.4 is 5.32 Å². The molecule has 8 heteroatoms. The maximum atomic E-state index is 12.7. The Morgan fingerprint density at radius 3 is 2.52 bits per heavy atom. The molecular formula is C17H25N3O4S. The van der Waals surface area contributed by atoms with E-state index in [2.05, 4.69) is 19.2 Å². The molecule has 0 spiro atoms. The summed E-state index contributed by atoms with van der Waals surface area (Å²) in [6.07, 6.45) is 1.59. The summed E-state index contributed by atoms with van der Waals surface area (Å²) in [5, 5.41) is 2.81. The van der Waals surface area contributed by atoms with Crippen molar-refractivity contribution in [1.82, 2.24) is 14.5 Å². The van der Waals surface area contributed by atoms with Crippen molar-refractivity contribution in [3.63, 3.8) is 0 Å². The highest BCUT2D eigenvalue weighted by Gasteiger charge is 2.28. The number of hydrogen-bond acceptors (Lipinski definition) is 4. The maximum absolute atomic E-state index is 12.7. The molecule has 1 fully saturated rings. The summed E-state index contributed by atoms with van der Waals surface area (Å²) in [6, 6.07) is 6.08. The van der Waals surface area contributed by atoms with Crippen LogP contribution in [0.4, 0.5) is 0 Å². The first-order valence-electron chi connectivity index (χ1n) is 8.42. The summed E-state index contributed by atoms with van der Waals surface area (Å²) in [6.45, 7) is 5.96. The maximum Gasteiger partial charge on any atom is 0.251 e. The molecule has 0 atom stereocenters. The van der Waals surface area contributed by atoms with Crippen LogP contribution in [0.2, 0.25) is 0 Å². The van der Waals surface area contributed by atoms with Gasteiger partial charge in [0, 0.05) is 38.3 Å². The van der Waals surface area contributed by atoms with Crippen molar-refractivity contribution >= 4 is 22.3 Å². The SMILES string of the molecule is CC(C)CCNC(=O)c1cccc(S(=O)(=O)N2CCN(C=O)CC2)c1. The number of piperazine rings is 1. The van der Waals surface area contributed by atoms with Gasteiger partial charge in [-0.1, -0.05) is 19.9 Å². The second-order valence-corrected chi connectivity index (χ2v) is 8.45. The van der Waals surface area contributed by atoms with Gasteiger partial charge in [0.1, 0.15) is 0 Å². The van der Waals surface area contributed by atoms with Crippen molar-refractivity contribution in [2.45, 2.75) is 25.2 Å². The number of sulfonamides is 1. The molecule has 1 saturated heterocycles. The van der Waals surface area contributed by atoms with Crippen LogP contribution in [0.25, 0.3) is 0 Å². The van der Waals surface area contributed by atoms with Gasteiger partial charge in [0.05, 0.1) is 4.90 Å². The van der Waals surface area contributed by atoms with E-state index in [0.29, 0.717) is 31.1 Å². The number of carbonyl (C=O) groups excluding carboxylic acids is 2. The Morgan fingerprint density at radius 1 is 1.24 bits per heavy atom. The fraction of sp³-hybridized carbons (Fsp3) is 0.529. The molecule has 7 nitrogen and oxygen atoms in total. The number of amides is 2. The van der Waals surface area contributed by atoms with E-state index in [-0.39, 0.29) is 23.9 Å². The quantitative estimate of drug-likeness (QED) is 0.726. The first-order chi connectivity index (χ1) is 11.8. The Balaban J connectivity index is 2.09. The van der Waals surface area contributed by atoms with Gasteiger partial charge in [-0.15, -0.1) is 0 Å². The summed E-state index contributed by atoms with van der Waals surface area (Å²) < 4.78 is 26.8. The third kappa shape index (κ3) is 5.02. The number of rotatable bonds is 7. The zero-order valence-corrected chi connectivity index (χ0v) is 15.5. The van der Waals surface area contributed by atoms with Gasteiger partial charge in [-0.05, 0) is 30.5 Å². The Kier molecular flexibility index (Phi) is 6.55. The molecule has 2 amide bonds. The molecule has 0 aliphatic carbocycles. The van der Waals surface area contributed by atoms with Crippen LogP contribution in [-0.2, 0) is 14.8 Å². The van der Waals surface area contributed by atoms with E-state index >= 15 is 0 Å². The van der Waals surface area contributed by atoms with Crippen molar-refractivity contribution in [2.24, 2.45) is 5.92 Å². The van der Waals surface area contributed by atoms with Crippen molar-refractivity contribution in [2.75, 3.05) is 32.7 Å². The van der Waals surface area contributed by atoms with Crippen LogP contribution in [-0.4, -0.2) is 62.7 Å². The van der Waals surface area contributed by atoms with Crippen LogP contribution >= 0.6 is 0 Å². The summed E-state index contributed by atoms with van der Waals surface area (Å²) in [7, 11) is -3.67. The van der Waals surface area contributed by atoms with Crippen LogP contribution in [0.1, 0.15) is 30.6 Å². The molecule has 25 heavy (non-hydrogen) atoms. The Labute approximate surface area is 149 Å². The first-order valence-corrected chi connectivity index (χ1v) is 9.86. The molecule has 0 bridgehead atoms. The van der Waals surface area contributed by atoms with Gasteiger partial charge in [0.25, 0.3) is 5.91 Å². The van der Waals surface area contributed by atoms with E-state index < -0.39 is 10.0 Å². The summed E-state index contributed by atoms with van der Waals surface area (Å²) in [5.41, 5.74) is 0.330.